The molecule has 13 heavy (non-hydrogen) atoms. The van der Waals surface area contributed by atoms with Gasteiger partial charge >= 0.3 is 6.09 Å². The van der Waals surface area contributed by atoms with Gasteiger partial charge in [-0.05, 0) is 27.7 Å². The molecule has 0 aromatic carbocycles. The van der Waals surface area contributed by atoms with Gasteiger partial charge in [-0.25, -0.2) is 15.6 Å². The van der Waals surface area contributed by atoms with E-state index in [0.717, 1.165) is 5.01 Å². The number of rotatable bonds is 2. The maximum atomic E-state index is 11.2. The second-order valence-electron chi connectivity index (χ2n) is 3.76. The molecule has 0 aliphatic rings. The molecule has 0 aliphatic carbocycles. The van der Waals surface area contributed by atoms with Crippen molar-refractivity contribution < 1.29 is 14.3 Å². The number of carbonyl (C=O) groups is 2. The zero-order valence-electron chi connectivity index (χ0n) is 8.40. The van der Waals surface area contributed by atoms with E-state index in [1.165, 1.54) is 6.92 Å². The van der Waals surface area contributed by atoms with E-state index in [0.29, 0.717) is 6.29 Å². The summed E-state index contributed by atoms with van der Waals surface area (Å²) in [6, 6.07) is -0.671. The number of nitrogens with zero attached hydrogens (tertiary/aromatic N) is 1. The molecule has 0 radical (unpaired) electrons. The minimum absolute atomic E-state index is 0.573. The lowest BCUT2D eigenvalue weighted by Crippen LogP contribution is -2.47. The van der Waals surface area contributed by atoms with Crippen LogP contribution in [0, 0.1) is 0 Å². The second-order valence-corrected chi connectivity index (χ2v) is 3.76. The first-order valence-corrected chi connectivity index (χ1v) is 4.00. The van der Waals surface area contributed by atoms with Gasteiger partial charge in [-0.3, -0.25) is 0 Å². The molecule has 0 fully saturated rings. The van der Waals surface area contributed by atoms with Gasteiger partial charge in [0.2, 0.25) is 0 Å². The molecule has 1 amide bonds. The molecule has 0 aliphatic heterocycles. The average molecular weight is 188 g/mol. The van der Waals surface area contributed by atoms with Gasteiger partial charge in [0, 0.05) is 0 Å². The lowest BCUT2D eigenvalue weighted by Gasteiger charge is -2.25. The highest BCUT2D eigenvalue weighted by Crippen LogP contribution is 2.08. The summed E-state index contributed by atoms with van der Waals surface area (Å²) >= 11 is 0. The third-order valence-corrected chi connectivity index (χ3v) is 1.24. The topological polar surface area (TPSA) is 72.6 Å². The van der Waals surface area contributed by atoms with E-state index in [-0.39, 0.29) is 0 Å². The van der Waals surface area contributed by atoms with Crippen molar-refractivity contribution in [1.82, 2.24) is 5.01 Å². The van der Waals surface area contributed by atoms with Crippen molar-refractivity contribution in [3.05, 3.63) is 0 Å². The molecule has 0 saturated heterocycles. The van der Waals surface area contributed by atoms with Gasteiger partial charge in [-0.15, -0.1) is 0 Å². The smallest absolute Gasteiger partial charge is 0.425 e. The standard InChI is InChI=1S/C8H16N2O3/c1-6(5-11)10(9)7(12)13-8(2,3)4/h5-6H,9H2,1-4H3/t6-/m0/s1. The minimum atomic E-state index is -0.702. The Morgan fingerprint density at radius 1 is 1.54 bits per heavy atom. The van der Waals surface area contributed by atoms with Crippen LogP contribution in [0.3, 0.4) is 0 Å². The molecule has 0 unspecified atom stereocenters. The van der Waals surface area contributed by atoms with Gasteiger partial charge in [0.1, 0.15) is 17.9 Å². The monoisotopic (exact) mass is 188 g/mol. The lowest BCUT2D eigenvalue weighted by atomic mass is 10.2. The number of hydrogen-bond acceptors (Lipinski definition) is 4. The third kappa shape index (κ3) is 4.47. The number of nitrogens with two attached hydrogens (primary N) is 1. The number of carbonyl (C=O) groups excluding carboxylic acids is 2. The van der Waals surface area contributed by atoms with Crippen molar-refractivity contribution >= 4 is 12.4 Å². The van der Waals surface area contributed by atoms with Crippen molar-refractivity contribution in [2.45, 2.75) is 39.3 Å². The summed E-state index contributed by atoms with van der Waals surface area (Å²) in [5.41, 5.74) is -0.600. The molecule has 0 saturated carbocycles. The molecular formula is C8H16N2O3. The van der Waals surface area contributed by atoms with Gasteiger partial charge in [0.15, 0.2) is 0 Å². The van der Waals surface area contributed by atoms with Crippen LogP contribution in [0.4, 0.5) is 4.79 Å². The van der Waals surface area contributed by atoms with Crippen molar-refractivity contribution in [3.8, 4) is 0 Å². The minimum Gasteiger partial charge on any atom is -0.443 e. The Balaban J connectivity index is 4.19. The van der Waals surface area contributed by atoms with Crippen LogP contribution in [0.1, 0.15) is 27.7 Å². The Bertz CT molecular complexity index is 198. The molecule has 0 aromatic heterocycles. The fourth-order valence-corrected chi connectivity index (χ4v) is 0.546. The normalized spacial score (nSPS) is 13.3. The molecule has 76 valence electrons. The van der Waals surface area contributed by atoms with Crippen molar-refractivity contribution in [2.24, 2.45) is 5.84 Å². The largest absolute Gasteiger partial charge is 0.443 e. The van der Waals surface area contributed by atoms with E-state index in [1.807, 2.05) is 0 Å². The molecular weight excluding hydrogens is 172 g/mol. The van der Waals surface area contributed by atoms with Gasteiger partial charge in [-0.2, -0.15) is 0 Å². The first-order chi connectivity index (χ1) is 5.78. The third-order valence-electron chi connectivity index (χ3n) is 1.24. The Morgan fingerprint density at radius 3 is 2.31 bits per heavy atom. The Morgan fingerprint density at radius 2 is 2.00 bits per heavy atom. The first-order valence-electron chi connectivity index (χ1n) is 4.00. The molecule has 0 rings (SSSR count). The van der Waals surface area contributed by atoms with Crippen molar-refractivity contribution in [2.75, 3.05) is 0 Å². The van der Waals surface area contributed by atoms with E-state index in [9.17, 15) is 9.59 Å². The van der Waals surface area contributed by atoms with E-state index in [1.54, 1.807) is 20.8 Å². The van der Waals surface area contributed by atoms with Crippen LogP contribution in [-0.4, -0.2) is 29.0 Å². The lowest BCUT2D eigenvalue weighted by molar-refractivity contribution is -0.112. The van der Waals surface area contributed by atoms with Crippen LogP contribution in [0.2, 0.25) is 0 Å². The molecule has 0 aromatic rings. The molecule has 2 N–H and O–H groups in total. The van der Waals surface area contributed by atoms with E-state index < -0.39 is 17.7 Å². The number of hydrogen-bond donors (Lipinski definition) is 1. The number of amides is 1. The summed E-state index contributed by atoms with van der Waals surface area (Å²) in [5, 5.41) is 0.762. The van der Waals surface area contributed by atoms with Crippen LogP contribution < -0.4 is 5.84 Å². The number of hydrazine groups is 1. The highest BCUT2D eigenvalue weighted by Gasteiger charge is 2.22. The highest BCUT2D eigenvalue weighted by molar-refractivity contribution is 5.72. The van der Waals surface area contributed by atoms with E-state index in [4.69, 9.17) is 10.6 Å². The Labute approximate surface area is 77.8 Å². The van der Waals surface area contributed by atoms with Crippen molar-refractivity contribution in [3.63, 3.8) is 0 Å². The first kappa shape index (κ1) is 11.9. The predicted molar refractivity (Wildman–Crippen MR) is 47.8 cm³/mol. The summed E-state index contributed by atoms with van der Waals surface area (Å²) in [7, 11) is 0. The summed E-state index contributed by atoms with van der Waals surface area (Å²) in [6.07, 6.45) is -0.128. The molecule has 0 spiro atoms. The summed E-state index contributed by atoms with van der Waals surface area (Å²) in [5.74, 6) is 5.31. The molecule has 0 heterocycles. The van der Waals surface area contributed by atoms with Crippen LogP contribution >= 0.6 is 0 Å². The SMILES string of the molecule is C[C@@H](C=O)N(N)C(=O)OC(C)(C)C. The zero-order valence-corrected chi connectivity index (χ0v) is 8.40. The predicted octanol–water partition coefficient (Wildman–Crippen LogP) is 0.685. The Kier molecular flexibility index (Phi) is 3.87. The summed E-state index contributed by atoms with van der Waals surface area (Å²) in [6.45, 7) is 6.69. The van der Waals surface area contributed by atoms with Crippen LogP contribution in [-0.2, 0) is 9.53 Å². The number of ether oxygens (including phenoxy) is 1. The summed E-state index contributed by atoms with van der Waals surface area (Å²) in [4.78, 5) is 21.5. The van der Waals surface area contributed by atoms with Gasteiger partial charge < -0.3 is 9.53 Å². The molecule has 0 bridgehead atoms. The van der Waals surface area contributed by atoms with Crippen LogP contribution in [0.25, 0.3) is 0 Å². The average Bonchev–Trinajstić information content (AvgIpc) is 1.98. The van der Waals surface area contributed by atoms with Crippen LogP contribution in [0.5, 0.6) is 0 Å². The second kappa shape index (κ2) is 4.23. The zero-order chi connectivity index (χ0) is 10.6. The molecule has 5 heteroatoms. The van der Waals surface area contributed by atoms with E-state index >= 15 is 0 Å². The van der Waals surface area contributed by atoms with Crippen molar-refractivity contribution in [1.29, 1.82) is 0 Å². The maximum absolute atomic E-state index is 11.2. The fourth-order valence-electron chi connectivity index (χ4n) is 0.546. The number of aldehydes is 1. The fraction of sp³-hybridized carbons (Fsp3) is 0.750. The Hall–Kier alpha value is -1.10. The van der Waals surface area contributed by atoms with E-state index in [2.05, 4.69) is 0 Å². The van der Waals surface area contributed by atoms with Gasteiger partial charge in [0.05, 0.1) is 0 Å². The van der Waals surface area contributed by atoms with Crippen LogP contribution in [0.15, 0.2) is 0 Å². The molecule has 5 nitrogen and oxygen atoms in total. The summed E-state index contributed by atoms with van der Waals surface area (Å²) < 4.78 is 4.93. The highest BCUT2D eigenvalue weighted by atomic mass is 16.6. The molecule has 1 atom stereocenters. The van der Waals surface area contributed by atoms with Gasteiger partial charge in [-0.1, -0.05) is 0 Å². The van der Waals surface area contributed by atoms with Gasteiger partial charge in [0.25, 0.3) is 0 Å². The quantitative estimate of drug-likeness (QED) is 0.299. The maximum Gasteiger partial charge on any atom is 0.425 e.